The van der Waals surface area contributed by atoms with Gasteiger partial charge < -0.3 is 28.5 Å². The lowest BCUT2D eigenvalue weighted by atomic mass is 10.0. The van der Waals surface area contributed by atoms with Crippen LogP contribution in [0.1, 0.15) is 226 Å². The number of hydrogen-bond acceptors (Lipinski definition) is 7. The van der Waals surface area contributed by atoms with Crippen molar-refractivity contribution in [2.24, 2.45) is 0 Å². The molecule has 0 aromatic rings. The van der Waals surface area contributed by atoms with Crippen LogP contribution in [0.3, 0.4) is 0 Å². The Balaban J connectivity index is 4.27. The van der Waals surface area contributed by atoms with Gasteiger partial charge in [-0.1, -0.05) is 214 Å². The molecule has 0 aliphatic heterocycles. The molecular formula is C63H108NO8+. The summed E-state index contributed by atoms with van der Waals surface area (Å²) in [5.74, 6) is -2.03. The quantitative estimate of drug-likeness (QED) is 0.0211. The van der Waals surface area contributed by atoms with Crippen molar-refractivity contribution in [3.8, 4) is 0 Å². The first-order chi connectivity index (χ1) is 35.1. The molecule has 0 aliphatic carbocycles. The second-order valence-corrected chi connectivity index (χ2v) is 20.2. The molecule has 9 nitrogen and oxygen atoms in total. The molecule has 0 heterocycles. The second-order valence-electron chi connectivity index (χ2n) is 20.2. The Labute approximate surface area is 442 Å². The zero-order chi connectivity index (χ0) is 52.7. The topological polar surface area (TPSA) is 108 Å². The first-order valence-corrected chi connectivity index (χ1v) is 28.9. The van der Waals surface area contributed by atoms with Gasteiger partial charge in [-0.05, 0) is 96.3 Å². The van der Waals surface area contributed by atoms with Crippen molar-refractivity contribution in [2.75, 3.05) is 47.5 Å². The molecular weight excluding hydrogens is 899 g/mol. The Bertz CT molecular complexity index is 1500. The summed E-state index contributed by atoms with van der Waals surface area (Å²) < 4.78 is 22.9. The molecule has 1 N–H and O–H groups in total. The molecule has 0 fully saturated rings. The van der Waals surface area contributed by atoms with Gasteiger partial charge in [-0.2, -0.15) is 0 Å². The van der Waals surface area contributed by atoms with E-state index in [1.165, 1.54) is 89.9 Å². The molecule has 72 heavy (non-hydrogen) atoms. The Kier molecular flexibility index (Phi) is 50.7. The number of carboxylic acids is 1. The van der Waals surface area contributed by atoms with Gasteiger partial charge in [-0.3, -0.25) is 9.59 Å². The van der Waals surface area contributed by atoms with Crippen LogP contribution in [-0.2, 0) is 33.3 Å². The Morgan fingerprint density at radius 3 is 1.18 bits per heavy atom. The van der Waals surface area contributed by atoms with Crippen LogP contribution in [0.25, 0.3) is 0 Å². The molecule has 0 bridgehead atoms. The van der Waals surface area contributed by atoms with Crippen LogP contribution in [0.2, 0.25) is 0 Å². The zero-order valence-corrected chi connectivity index (χ0v) is 46.8. The summed E-state index contributed by atoms with van der Waals surface area (Å²) in [6.07, 6.45) is 69.0. The minimum Gasteiger partial charge on any atom is -0.477 e. The van der Waals surface area contributed by atoms with Crippen LogP contribution < -0.4 is 0 Å². The predicted molar refractivity (Wildman–Crippen MR) is 304 cm³/mol. The highest BCUT2D eigenvalue weighted by molar-refractivity contribution is 5.71. The number of carbonyl (C=O) groups is 3. The first-order valence-electron chi connectivity index (χ1n) is 28.9. The highest BCUT2D eigenvalue weighted by Crippen LogP contribution is 2.15. The van der Waals surface area contributed by atoms with E-state index < -0.39 is 24.3 Å². The van der Waals surface area contributed by atoms with Gasteiger partial charge in [0, 0.05) is 12.8 Å². The van der Waals surface area contributed by atoms with E-state index in [4.69, 9.17) is 18.9 Å². The molecule has 2 unspecified atom stereocenters. The predicted octanol–water partition coefficient (Wildman–Crippen LogP) is 17.0. The van der Waals surface area contributed by atoms with Crippen LogP contribution in [-0.4, -0.2) is 87.4 Å². The van der Waals surface area contributed by atoms with Gasteiger partial charge in [0.05, 0.1) is 34.4 Å². The van der Waals surface area contributed by atoms with Gasteiger partial charge in [0.25, 0.3) is 6.29 Å². The minimum atomic E-state index is -1.52. The normalized spacial score (nSPS) is 13.5. The Hall–Kier alpha value is -3.79. The summed E-state index contributed by atoms with van der Waals surface area (Å²) in [5, 5.41) is 9.70. The number of hydrogen-bond donors (Lipinski definition) is 1. The number of ether oxygens (including phenoxy) is 4. The van der Waals surface area contributed by atoms with Gasteiger partial charge in [0.1, 0.15) is 13.2 Å². The summed E-state index contributed by atoms with van der Waals surface area (Å²) in [6.45, 7) is 4.73. The number of allylic oxidation sites excluding steroid dienone is 16. The SMILES string of the molecule is CC/C=C\C/C=C\C/C=C\C/C=C\C/C=C\C/C=C\CCCCCCCCCCCCC(=O)OC(COC(=O)CCCCCCCCC/C=C\C/C=C\CCCCCC)COC(OCC[N+](C)(C)C)C(=O)O. The third-order valence-electron chi connectivity index (χ3n) is 12.1. The monoisotopic (exact) mass is 1010 g/mol. The standard InChI is InChI=1S/C63H107NO8/c1-6-8-10-12-14-16-18-20-22-24-26-27-28-29-30-31-32-33-34-35-36-38-40-42-44-46-48-50-52-54-61(66)72-59(58-71-63(62(67)68)69-56-55-64(3,4)5)57-70-60(65)53-51-49-47-45-43-41-39-37-25-23-21-19-17-15-13-11-9-7-2/h8,10,14,16-17,19-20,22-23,25-27,29-30,32-33,59,63H,6-7,9,11-13,15,18,21,24,28,31,34-58H2,1-5H3/p+1/b10-8-,16-14-,19-17-,22-20-,25-23-,27-26-,30-29-,33-32-. The summed E-state index contributed by atoms with van der Waals surface area (Å²) in [5.41, 5.74) is 0. The number of likely N-dealkylation sites (N-methyl/N-ethyl adjacent to an activating group) is 1. The molecule has 0 aliphatic rings. The van der Waals surface area contributed by atoms with E-state index in [1.54, 1.807) is 0 Å². The van der Waals surface area contributed by atoms with Crippen molar-refractivity contribution in [2.45, 2.75) is 238 Å². The first kappa shape index (κ1) is 68.2. The number of unbranched alkanes of at least 4 members (excludes halogenated alkanes) is 21. The van der Waals surface area contributed by atoms with Crippen molar-refractivity contribution >= 4 is 17.9 Å². The van der Waals surface area contributed by atoms with Crippen molar-refractivity contribution in [1.82, 2.24) is 0 Å². The van der Waals surface area contributed by atoms with E-state index in [2.05, 4.69) is 111 Å². The molecule has 0 rings (SSSR count). The van der Waals surface area contributed by atoms with Gasteiger partial charge in [-0.25, -0.2) is 4.79 Å². The van der Waals surface area contributed by atoms with Crippen LogP contribution in [0.5, 0.6) is 0 Å². The smallest absolute Gasteiger partial charge is 0.361 e. The maximum Gasteiger partial charge on any atom is 0.361 e. The van der Waals surface area contributed by atoms with Gasteiger partial charge in [0.2, 0.25) is 0 Å². The summed E-state index contributed by atoms with van der Waals surface area (Å²) in [6, 6.07) is 0. The third-order valence-corrected chi connectivity index (χ3v) is 12.1. The van der Waals surface area contributed by atoms with Crippen molar-refractivity contribution in [3.05, 3.63) is 97.2 Å². The van der Waals surface area contributed by atoms with E-state index in [0.717, 1.165) is 103 Å². The number of carboxylic acid groups (broad SMARTS) is 1. The van der Waals surface area contributed by atoms with Crippen molar-refractivity contribution < 1.29 is 42.9 Å². The third kappa shape index (κ3) is 54.0. The fourth-order valence-corrected chi connectivity index (χ4v) is 7.63. The lowest BCUT2D eigenvalue weighted by Crippen LogP contribution is -2.40. The molecule has 9 heteroatoms. The fourth-order valence-electron chi connectivity index (χ4n) is 7.63. The van der Waals surface area contributed by atoms with Crippen LogP contribution >= 0.6 is 0 Å². The van der Waals surface area contributed by atoms with Crippen LogP contribution in [0, 0.1) is 0 Å². The number of quaternary nitrogens is 1. The average molecular weight is 1010 g/mol. The number of rotatable bonds is 52. The fraction of sp³-hybridized carbons (Fsp3) is 0.698. The van der Waals surface area contributed by atoms with E-state index in [0.29, 0.717) is 17.4 Å². The minimum absolute atomic E-state index is 0.181. The molecule has 0 amide bonds. The molecule has 0 radical (unpaired) electrons. The number of nitrogens with zero attached hydrogens (tertiary/aromatic N) is 1. The van der Waals surface area contributed by atoms with Crippen molar-refractivity contribution in [1.29, 1.82) is 0 Å². The molecule has 0 spiro atoms. The zero-order valence-electron chi connectivity index (χ0n) is 46.8. The van der Waals surface area contributed by atoms with Crippen LogP contribution in [0.15, 0.2) is 97.2 Å². The highest BCUT2D eigenvalue weighted by atomic mass is 16.7. The summed E-state index contributed by atoms with van der Waals surface area (Å²) in [4.78, 5) is 37.4. The van der Waals surface area contributed by atoms with E-state index >= 15 is 0 Å². The largest absolute Gasteiger partial charge is 0.477 e. The second kappa shape index (κ2) is 53.5. The molecule has 412 valence electrons. The Morgan fingerprint density at radius 2 is 0.792 bits per heavy atom. The molecule has 0 aromatic carbocycles. The maximum absolute atomic E-state index is 12.9. The lowest BCUT2D eigenvalue weighted by molar-refractivity contribution is -0.870. The van der Waals surface area contributed by atoms with Crippen molar-refractivity contribution in [3.63, 3.8) is 0 Å². The van der Waals surface area contributed by atoms with Gasteiger partial charge in [-0.15, -0.1) is 0 Å². The number of esters is 2. The number of carbonyl (C=O) groups excluding carboxylic acids is 2. The van der Waals surface area contributed by atoms with Gasteiger partial charge in [0.15, 0.2) is 6.10 Å². The number of aliphatic carboxylic acids is 1. The summed E-state index contributed by atoms with van der Waals surface area (Å²) in [7, 11) is 5.96. The van der Waals surface area contributed by atoms with Crippen LogP contribution in [0.4, 0.5) is 0 Å². The summed E-state index contributed by atoms with van der Waals surface area (Å²) >= 11 is 0. The highest BCUT2D eigenvalue weighted by Gasteiger charge is 2.25. The average Bonchev–Trinajstić information content (AvgIpc) is 3.35. The lowest BCUT2D eigenvalue weighted by Gasteiger charge is -2.25. The van der Waals surface area contributed by atoms with Gasteiger partial charge >= 0.3 is 17.9 Å². The molecule has 0 aromatic heterocycles. The molecule has 0 saturated carbocycles. The van der Waals surface area contributed by atoms with E-state index in [1.807, 2.05) is 21.1 Å². The Morgan fingerprint density at radius 1 is 0.431 bits per heavy atom. The molecule has 0 saturated heterocycles. The van der Waals surface area contributed by atoms with E-state index in [-0.39, 0.29) is 38.6 Å². The maximum atomic E-state index is 12.9. The molecule has 2 atom stereocenters. The van der Waals surface area contributed by atoms with E-state index in [9.17, 15) is 19.5 Å².